The fraction of sp³-hybridized carbons (Fsp3) is 0.636. The monoisotopic (exact) mass is 208 g/mol. The van der Waals surface area contributed by atoms with Crippen molar-refractivity contribution in [2.24, 2.45) is 0 Å². The number of aromatic nitrogens is 2. The summed E-state index contributed by atoms with van der Waals surface area (Å²) in [5.41, 5.74) is -0.546. The molecule has 1 aromatic heterocycles. The van der Waals surface area contributed by atoms with E-state index < -0.39 is 11.7 Å². The smallest absolute Gasteiger partial charge is 0.126 e. The first-order valence-electron chi connectivity index (χ1n) is 5.39. The van der Waals surface area contributed by atoms with E-state index in [-0.39, 0.29) is 0 Å². The molecule has 0 aliphatic heterocycles. The summed E-state index contributed by atoms with van der Waals surface area (Å²) in [4.78, 5) is 7.92. The molecule has 1 saturated carbocycles. The lowest BCUT2D eigenvalue weighted by Crippen LogP contribution is -2.38. The van der Waals surface area contributed by atoms with E-state index in [1.807, 2.05) is 0 Å². The molecule has 0 amide bonds. The van der Waals surface area contributed by atoms with Crippen LogP contribution in [-0.2, 0) is 0 Å². The van der Waals surface area contributed by atoms with Gasteiger partial charge in [-0.25, -0.2) is 0 Å². The van der Waals surface area contributed by atoms with Crippen molar-refractivity contribution in [2.75, 3.05) is 0 Å². The highest BCUT2D eigenvalue weighted by molar-refractivity contribution is 5.07. The molecule has 1 aliphatic carbocycles. The molecule has 0 aromatic carbocycles. The lowest BCUT2D eigenvalue weighted by Gasteiger charge is -2.35. The number of hydrogen-bond donors (Lipinski definition) is 2. The number of hydrogen-bond acceptors (Lipinski definition) is 4. The number of aliphatic hydroxyl groups excluding tert-OH is 1. The zero-order chi connectivity index (χ0) is 10.7. The van der Waals surface area contributed by atoms with Crippen LogP contribution in [0.5, 0.6) is 0 Å². The zero-order valence-electron chi connectivity index (χ0n) is 8.63. The van der Waals surface area contributed by atoms with E-state index in [1.165, 1.54) is 12.4 Å². The first-order chi connectivity index (χ1) is 7.22. The molecule has 4 nitrogen and oxygen atoms in total. The minimum absolute atomic E-state index is 0.460. The maximum Gasteiger partial charge on any atom is 0.126 e. The third-order valence-electron chi connectivity index (χ3n) is 3.09. The van der Waals surface area contributed by atoms with E-state index >= 15 is 0 Å². The van der Waals surface area contributed by atoms with E-state index in [4.69, 9.17) is 0 Å². The molecule has 82 valence electrons. The summed E-state index contributed by atoms with van der Waals surface area (Å²) in [5.74, 6) is 0. The van der Waals surface area contributed by atoms with Crippen LogP contribution in [-0.4, -0.2) is 25.8 Å². The molecule has 4 heteroatoms. The lowest BCUT2D eigenvalue weighted by molar-refractivity contribution is -0.101. The van der Waals surface area contributed by atoms with Gasteiger partial charge < -0.3 is 10.2 Å². The third-order valence-corrected chi connectivity index (χ3v) is 3.09. The Labute approximate surface area is 89.0 Å². The van der Waals surface area contributed by atoms with Gasteiger partial charge in [-0.3, -0.25) is 9.97 Å². The van der Waals surface area contributed by atoms with Crippen LogP contribution in [0, 0.1) is 0 Å². The molecule has 1 aromatic rings. The van der Waals surface area contributed by atoms with Gasteiger partial charge >= 0.3 is 0 Å². The zero-order valence-corrected chi connectivity index (χ0v) is 8.63. The van der Waals surface area contributed by atoms with Gasteiger partial charge in [0.05, 0.1) is 17.5 Å². The normalized spacial score (nSPS) is 22.3. The molecule has 1 atom stereocenters. The van der Waals surface area contributed by atoms with Crippen molar-refractivity contribution in [1.82, 2.24) is 9.97 Å². The molecule has 1 heterocycles. The van der Waals surface area contributed by atoms with Gasteiger partial charge in [-0.15, -0.1) is 0 Å². The molecule has 15 heavy (non-hydrogen) atoms. The van der Waals surface area contributed by atoms with Gasteiger partial charge in [-0.05, 0) is 12.8 Å². The Morgan fingerprint density at radius 2 is 1.93 bits per heavy atom. The van der Waals surface area contributed by atoms with Crippen LogP contribution in [0.1, 0.15) is 43.9 Å². The molecule has 1 aliphatic rings. The second kappa shape index (κ2) is 4.24. The van der Waals surface area contributed by atoms with Crippen LogP contribution >= 0.6 is 0 Å². The maximum absolute atomic E-state index is 10.3. The van der Waals surface area contributed by atoms with Gasteiger partial charge in [0.25, 0.3) is 0 Å². The molecule has 1 unspecified atom stereocenters. The highest BCUT2D eigenvalue weighted by atomic mass is 16.3. The molecule has 2 N–H and O–H groups in total. The standard InChI is InChI=1S/C11H16N2O2/c14-10(9-8-12-6-7-13-9)11(15)4-2-1-3-5-11/h6-8,10,14-15H,1-5H2. The molecular formula is C11H16N2O2. The van der Waals surface area contributed by atoms with E-state index in [2.05, 4.69) is 9.97 Å². The predicted octanol–water partition coefficient (Wildman–Crippen LogP) is 1.21. The van der Waals surface area contributed by atoms with Crippen molar-refractivity contribution in [1.29, 1.82) is 0 Å². The first-order valence-corrected chi connectivity index (χ1v) is 5.39. The second-order valence-electron chi connectivity index (χ2n) is 4.20. The Morgan fingerprint density at radius 1 is 1.20 bits per heavy atom. The van der Waals surface area contributed by atoms with E-state index in [0.717, 1.165) is 19.3 Å². The van der Waals surface area contributed by atoms with Gasteiger partial charge in [-0.1, -0.05) is 19.3 Å². The Hall–Kier alpha value is -1.00. The van der Waals surface area contributed by atoms with Crippen molar-refractivity contribution in [2.45, 2.75) is 43.8 Å². The third kappa shape index (κ3) is 2.16. The molecule has 1 fully saturated rings. The average molecular weight is 208 g/mol. The minimum Gasteiger partial charge on any atom is -0.387 e. The fourth-order valence-corrected chi connectivity index (χ4v) is 2.16. The molecule has 0 radical (unpaired) electrons. The van der Waals surface area contributed by atoms with Crippen LogP contribution in [0.15, 0.2) is 18.6 Å². The molecule has 0 saturated heterocycles. The highest BCUT2D eigenvalue weighted by Gasteiger charge is 2.38. The van der Waals surface area contributed by atoms with Crippen LogP contribution in [0.2, 0.25) is 0 Å². The quantitative estimate of drug-likeness (QED) is 0.766. The second-order valence-corrected chi connectivity index (χ2v) is 4.20. The maximum atomic E-state index is 10.3. The topological polar surface area (TPSA) is 66.2 Å². The summed E-state index contributed by atoms with van der Waals surface area (Å²) >= 11 is 0. The van der Waals surface area contributed by atoms with Crippen molar-refractivity contribution in [3.05, 3.63) is 24.3 Å². The Morgan fingerprint density at radius 3 is 2.53 bits per heavy atom. The van der Waals surface area contributed by atoms with E-state index in [1.54, 1.807) is 6.20 Å². The van der Waals surface area contributed by atoms with Gasteiger partial charge in [0, 0.05) is 12.4 Å². The van der Waals surface area contributed by atoms with Crippen molar-refractivity contribution >= 4 is 0 Å². The Balaban J connectivity index is 2.16. The summed E-state index contributed by atoms with van der Waals surface area (Å²) in [5, 5.41) is 20.3. The average Bonchev–Trinajstić information content (AvgIpc) is 2.30. The van der Waals surface area contributed by atoms with Crippen molar-refractivity contribution < 1.29 is 10.2 Å². The number of nitrogens with zero attached hydrogens (tertiary/aromatic N) is 2. The van der Waals surface area contributed by atoms with Crippen molar-refractivity contribution in [3.8, 4) is 0 Å². The molecule has 2 rings (SSSR count). The summed E-state index contributed by atoms with van der Waals surface area (Å²) in [7, 11) is 0. The first kappa shape index (κ1) is 10.5. The molecule has 0 bridgehead atoms. The van der Waals surface area contributed by atoms with Gasteiger partial charge in [0.15, 0.2) is 0 Å². The van der Waals surface area contributed by atoms with Gasteiger partial charge in [0.1, 0.15) is 6.10 Å². The molecule has 0 spiro atoms. The fourth-order valence-electron chi connectivity index (χ4n) is 2.16. The van der Waals surface area contributed by atoms with Crippen LogP contribution in [0.25, 0.3) is 0 Å². The minimum atomic E-state index is -1.01. The van der Waals surface area contributed by atoms with Crippen LogP contribution < -0.4 is 0 Å². The Kier molecular flexibility index (Phi) is 2.98. The largest absolute Gasteiger partial charge is 0.387 e. The van der Waals surface area contributed by atoms with Crippen LogP contribution in [0.4, 0.5) is 0 Å². The van der Waals surface area contributed by atoms with Crippen molar-refractivity contribution in [3.63, 3.8) is 0 Å². The van der Waals surface area contributed by atoms with Gasteiger partial charge in [-0.2, -0.15) is 0 Å². The van der Waals surface area contributed by atoms with Gasteiger partial charge in [0.2, 0.25) is 0 Å². The summed E-state index contributed by atoms with van der Waals surface area (Å²) in [6, 6.07) is 0. The van der Waals surface area contributed by atoms with E-state index in [9.17, 15) is 10.2 Å². The predicted molar refractivity (Wildman–Crippen MR) is 55.0 cm³/mol. The Bertz CT molecular complexity index is 310. The SMILES string of the molecule is OC(c1cnccn1)C1(O)CCCCC1. The highest BCUT2D eigenvalue weighted by Crippen LogP contribution is 2.37. The number of rotatable bonds is 2. The summed E-state index contributed by atoms with van der Waals surface area (Å²) < 4.78 is 0. The molecular weight excluding hydrogens is 192 g/mol. The lowest BCUT2D eigenvalue weighted by atomic mass is 9.80. The van der Waals surface area contributed by atoms with Crippen LogP contribution in [0.3, 0.4) is 0 Å². The number of aliphatic hydroxyl groups is 2. The summed E-state index contributed by atoms with van der Waals surface area (Å²) in [6.07, 6.45) is 8.04. The summed E-state index contributed by atoms with van der Waals surface area (Å²) in [6.45, 7) is 0. The van der Waals surface area contributed by atoms with E-state index in [0.29, 0.717) is 18.5 Å².